The summed E-state index contributed by atoms with van der Waals surface area (Å²) < 4.78 is 5.93. The summed E-state index contributed by atoms with van der Waals surface area (Å²) in [5.41, 5.74) is 0.856. The Morgan fingerprint density at radius 2 is 2.05 bits per heavy atom. The highest BCUT2D eigenvalue weighted by molar-refractivity contribution is 7.09. The van der Waals surface area contributed by atoms with E-state index in [4.69, 9.17) is 4.74 Å². The molecule has 0 amide bonds. The molecular formula is C16H27NO2S. The highest BCUT2D eigenvalue weighted by Crippen LogP contribution is 2.37. The van der Waals surface area contributed by atoms with Gasteiger partial charge in [-0.15, -0.1) is 11.3 Å². The van der Waals surface area contributed by atoms with E-state index in [1.54, 1.807) is 11.3 Å². The van der Waals surface area contributed by atoms with Crippen molar-refractivity contribution in [1.82, 2.24) is 4.98 Å². The van der Waals surface area contributed by atoms with Crippen LogP contribution in [0, 0.1) is 0 Å². The third-order valence-corrected chi connectivity index (χ3v) is 5.05. The fraction of sp³-hybridized carbons (Fsp3) is 0.812. The van der Waals surface area contributed by atoms with Crippen molar-refractivity contribution in [3.05, 3.63) is 16.1 Å². The molecule has 4 heteroatoms. The van der Waals surface area contributed by atoms with Crippen molar-refractivity contribution in [2.45, 2.75) is 76.9 Å². The first kappa shape index (κ1) is 15.9. The predicted molar refractivity (Wildman–Crippen MR) is 83.3 cm³/mol. The molecule has 3 nitrogen and oxygen atoms in total. The standard InChI is InChI=1S/C16H27NO2S/c1-5-19-16(8-6-7-9-16)13(18)10-14-17-12(11-20-14)15(2,3)4/h11,13,18H,5-10H2,1-4H3. The molecule has 2 rings (SSSR count). The van der Waals surface area contributed by atoms with Crippen molar-refractivity contribution >= 4 is 11.3 Å². The van der Waals surface area contributed by atoms with Gasteiger partial charge < -0.3 is 9.84 Å². The molecule has 0 radical (unpaired) electrons. The van der Waals surface area contributed by atoms with Crippen LogP contribution in [-0.4, -0.2) is 28.4 Å². The van der Waals surface area contributed by atoms with Crippen molar-refractivity contribution in [1.29, 1.82) is 0 Å². The molecular weight excluding hydrogens is 270 g/mol. The highest BCUT2D eigenvalue weighted by atomic mass is 32.1. The minimum atomic E-state index is -0.441. The molecule has 0 aliphatic heterocycles. The minimum Gasteiger partial charge on any atom is -0.390 e. The summed E-state index contributed by atoms with van der Waals surface area (Å²) in [7, 11) is 0. The maximum atomic E-state index is 10.6. The molecule has 1 saturated carbocycles. The second-order valence-electron chi connectivity index (χ2n) is 6.80. The van der Waals surface area contributed by atoms with Gasteiger partial charge in [0.2, 0.25) is 0 Å². The van der Waals surface area contributed by atoms with E-state index in [-0.39, 0.29) is 11.0 Å². The molecule has 0 saturated heterocycles. The monoisotopic (exact) mass is 297 g/mol. The van der Waals surface area contributed by atoms with Gasteiger partial charge in [-0.2, -0.15) is 0 Å². The Morgan fingerprint density at radius 1 is 1.40 bits per heavy atom. The molecule has 1 aromatic heterocycles. The molecule has 1 aromatic rings. The van der Waals surface area contributed by atoms with E-state index in [1.807, 2.05) is 6.92 Å². The van der Waals surface area contributed by atoms with Gasteiger partial charge >= 0.3 is 0 Å². The average Bonchev–Trinajstić information content (AvgIpc) is 2.98. The topological polar surface area (TPSA) is 42.4 Å². The van der Waals surface area contributed by atoms with Crippen LogP contribution in [0.25, 0.3) is 0 Å². The Hall–Kier alpha value is -0.450. The predicted octanol–water partition coefficient (Wildman–Crippen LogP) is 3.69. The number of thiazole rings is 1. The maximum absolute atomic E-state index is 10.6. The Kier molecular flexibility index (Phi) is 4.88. The maximum Gasteiger partial charge on any atom is 0.0955 e. The van der Waals surface area contributed by atoms with Crippen LogP contribution >= 0.6 is 11.3 Å². The van der Waals surface area contributed by atoms with Gasteiger partial charge in [-0.05, 0) is 19.8 Å². The molecule has 1 fully saturated rings. The first-order valence-corrected chi connectivity index (χ1v) is 8.52. The van der Waals surface area contributed by atoms with Gasteiger partial charge in [0, 0.05) is 23.8 Å². The molecule has 1 unspecified atom stereocenters. The zero-order valence-corrected chi connectivity index (χ0v) is 13.9. The number of aliphatic hydroxyl groups is 1. The van der Waals surface area contributed by atoms with Crippen LogP contribution in [0.15, 0.2) is 5.38 Å². The summed E-state index contributed by atoms with van der Waals surface area (Å²) in [5, 5.41) is 13.8. The molecule has 20 heavy (non-hydrogen) atoms. The minimum absolute atomic E-state index is 0.0741. The lowest BCUT2D eigenvalue weighted by Gasteiger charge is -2.33. The van der Waals surface area contributed by atoms with Crippen LogP contribution in [0.4, 0.5) is 0 Å². The van der Waals surface area contributed by atoms with Gasteiger partial charge in [0.25, 0.3) is 0 Å². The SMILES string of the molecule is CCOC1(C(O)Cc2nc(C(C)(C)C)cs2)CCCC1. The van der Waals surface area contributed by atoms with Crippen LogP contribution in [0.1, 0.15) is 64.1 Å². The molecule has 1 aliphatic rings. The lowest BCUT2D eigenvalue weighted by molar-refractivity contribution is -0.115. The van der Waals surface area contributed by atoms with Crippen molar-refractivity contribution in [2.75, 3.05) is 6.61 Å². The third-order valence-electron chi connectivity index (χ3n) is 4.18. The lowest BCUT2D eigenvalue weighted by Crippen LogP contribution is -2.43. The lowest BCUT2D eigenvalue weighted by atomic mass is 9.92. The van der Waals surface area contributed by atoms with Gasteiger partial charge in [0.15, 0.2) is 0 Å². The van der Waals surface area contributed by atoms with Gasteiger partial charge in [0.05, 0.1) is 22.4 Å². The first-order chi connectivity index (χ1) is 9.37. The van der Waals surface area contributed by atoms with E-state index >= 15 is 0 Å². The van der Waals surface area contributed by atoms with E-state index in [2.05, 4.69) is 31.1 Å². The highest BCUT2D eigenvalue weighted by Gasteiger charge is 2.41. The fourth-order valence-electron chi connectivity index (χ4n) is 2.94. The zero-order chi connectivity index (χ0) is 14.8. The molecule has 1 atom stereocenters. The molecule has 1 N–H and O–H groups in total. The second kappa shape index (κ2) is 6.12. The summed E-state index contributed by atoms with van der Waals surface area (Å²) >= 11 is 1.65. The van der Waals surface area contributed by atoms with Gasteiger partial charge in [-0.1, -0.05) is 33.6 Å². The van der Waals surface area contributed by atoms with Gasteiger partial charge in [0.1, 0.15) is 0 Å². The Morgan fingerprint density at radius 3 is 2.55 bits per heavy atom. The van der Waals surface area contributed by atoms with Crippen molar-refractivity contribution < 1.29 is 9.84 Å². The Bertz CT molecular complexity index is 430. The van der Waals surface area contributed by atoms with Gasteiger partial charge in [-0.25, -0.2) is 4.98 Å². The number of ether oxygens (including phenoxy) is 1. The van der Waals surface area contributed by atoms with E-state index in [9.17, 15) is 5.11 Å². The van der Waals surface area contributed by atoms with E-state index < -0.39 is 6.10 Å². The fourth-order valence-corrected chi connectivity index (χ4v) is 3.99. The normalized spacial score (nSPS) is 20.2. The van der Waals surface area contributed by atoms with Crippen molar-refractivity contribution in [3.8, 4) is 0 Å². The van der Waals surface area contributed by atoms with Crippen molar-refractivity contribution in [3.63, 3.8) is 0 Å². The van der Waals surface area contributed by atoms with E-state index in [1.165, 1.54) is 0 Å². The first-order valence-electron chi connectivity index (χ1n) is 7.64. The van der Waals surface area contributed by atoms with Crippen LogP contribution in [0.2, 0.25) is 0 Å². The molecule has 0 bridgehead atoms. The van der Waals surface area contributed by atoms with Crippen LogP contribution < -0.4 is 0 Å². The molecule has 1 aliphatic carbocycles. The summed E-state index contributed by atoms with van der Waals surface area (Å²) in [6.45, 7) is 9.18. The molecule has 0 spiro atoms. The van der Waals surface area contributed by atoms with Gasteiger partial charge in [-0.3, -0.25) is 0 Å². The summed E-state index contributed by atoms with van der Waals surface area (Å²) in [5.74, 6) is 0. The number of aromatic nitrogens is 1. The average molecular weight is 297 g/mol. The van der Waals surface area contributed by atoms with E-state index in [0.29, 0.717) is 13.0 Å². The largest absolute Gasteiger partial charge is 0.390 e. The zero-order valence-electron chi connectivity index (χ0n) is 13.1. The Balaban J connectivity index is 2.06. The quantitative estimate of drug-likeness (QED) is 0.901. The van der Waals surface area contributed by atoms with Crippen LogP contribution in [0.5, 0.6) is 0 Å². The van der Waals surface area contributed by atoms with Crippen molar-refractivity contribution in [2.24, 2.45) is 0 Å². The third kappa shape index (κ3) is 3.41. The number of rotatable bonds is 5. The van der Waals surface area contributed by atoms with E-state index in [0.717, 1.165) is 36.4 Å². The second-order valence-corrected chi connectivity index (χ2v) is 7.74. The summed E-state index contributed by atoms with van der Waals surface area (Å²) in [6.07, 6.45) is 4.42. The summed E-state index contributed by atoms with van der Waals surface area (Å²) in [4.78, 5) is 4.69. The molecule has 1 heterocycles. The smallest absolute Gasteiger partial charge is 0.0955 e. The molecule has 0 aromatic carbocycles. The number of hydrogen-bond donors (Lipinski definition) is 1. The number of hydrogen-bond acceptors (Lipinski definition) is 4. The number of aliphatic hydroxyl groups excluding tert-OH is 1. The number of nitrogens with zero attached hydrogens (tertiary/aromatic N) is 1. The molecule has 114 valence electrons. The summed E-state index contributed by atoms with van der Waals surface area (Å²) in [6, 6.07) is 0. The van der Waals surface area contributed by atoms with Crippen LogP contribution in [-0.2, 0) is 16.6 Å². The van der Waals surface area contributed by atoms with Crippen LogP contribution in [0.3, 0.4) is 0 Å². The Labute approximate surface area is 126 Å².